The molecule has 39 heavy (non-hydrogen) atoms. The first kappa shape index (κ1) is 24.4. The van der Waals surface area contributed by atoms with Gasteiger partial charge in [-0.1, -0.05) is 60.2 Å². The average molecular weight is 516 g/mol. The number of fused-ring (bicyclic) bond motifs is 2. The Morgan fingerprint density at radius 3 is 2.64 bits per heavy atom. The minimum atomic E-state index is -0.153. The maximum absolute atomic E-state index is 13.8. The number of carbonyl (C=O) groups is 2. The Labute approximate surface area is 227 Å². The zero-order valence-corrected chi connectivity index (χ0v) is 21.7. The van der Waals surface area contributed by atoms with Gasteiger partial charge in [0.05, 0.1) is 18.6 Å². The minimum absolute atomic E-state index is 0.0120. The molecular weight excluding hydrogens is 486 g/mol. The highest BCUT2D eigenvalue weighted by Gasteiger charge is 2.25. The van der Waals surface area contributed by atoms with Gasteiger partial charge in [-0.05, 0) is 53.6 Å². The van der Waals surface area contributed by atoms with E-state index >= 15 is 0 Å². The zero-order valence-electron chi connectivity index (χ0n) is 21.7. The number of hydrogen-bond donors (Lipinski definition) is 2. The number of anilines is 2. The van der Waals surface area contributed by atoms with E-state index in [4.69, 9.17) is 0 Å². The first-order valence-corrected chi connectivity index (χ1v) is 13.1. The Balaban J connectivity index is 1.32. The first-order valence-electron chi connectivity index (χ1n) is 13.1. The van der Waals surface area contributed by atoms with Crippen molar-refractivity contribution in [1.82, 2.24) is 14.9 Å². The fraction of sp³-hybridized carbons (Fsp3) is 0.156. The van der Waals surface area contributed by atoms with Crippen LogP contribution in [0, 0.1) is 6.92 Å². The molecular formula is C32H29N5O2. The number of aromatic amines is 1. The van der Waals surface area contributed by atoms with E-state index in [0.29, 0.717) is 43.0 Å². The predicted molar refractivity (Wildman–Crippen MR) is 154 cm³/mol. The third-order valence-electron chi connectivity index (χ3n) is 7.19. The SMILES string of the molecule is Cc1cccc(C(=O)Nc2ccc3c(c2)N(Cc2cnc[nH]2)CCN(C(=O)c2cccc4ccccc24)C3)c1. The second kappa shape index (κ2) is 10.5. The molecule has 0 spiro atoms. The topological polar surface area (TPSA) is 81.3 Å². The van der Waals surface area contributed by atoms with Crippen molar-refractivity contribution in [3.8, 4) is 0 Å². The maximum atomic E-state index is 13.8. The Kier molecular flexibility index (Phi) is 6.55. The summed E-state index contributed by atoms with van der Waals surface area (Å²) in [6, 6.07) is 27.3. The number of nitrogens with zero attached hydrogens (tertiary/aromatic N) is 3. The van der Waals surface area contributed by atoms with E-state index in [1.807, 2.05) is 103 Å². The molecule has 1 aromatic heterocycles. The molecule has 2 N–H and O–H groups in total. The number of hydrogen-bond acceptors (Lipinski definition) is 4. The molecule has 0 aliphatic carbocycles. The molecule has 0 atom stereocenters. The Hall–Kier alpha value is -4.91. The number of amides is 2. The summed E-state index contributed by atoms with van der Waals surface area (Å²) in [5.41, 5.74) is 6.05. The largest absolute Gasteiger partial charge is 0.364 e. The number of nitrogens with one attached hydrogen (secondary N) is 2. The van der Waals surface area contributed by atoms with Crippen molar-refractivity contribution in [3.63, 3.8) is 0 Å². The highest BCUT2D eigenvalue weighted by molar-refractivity contribution is 6.07. The van der Waals surface area contributed by atoms with Crippen LogP contribution in [0.25, 0.3) is 10.8 Å². The molecule has 7 heteroatoms. The Bertz CT molecular complexity index is 1660. The van der Waals surface area contributed by atoms with Crippen molar-refractivity contribution < 1.29 is 9.59 Å². The van der Waals surface area contributed by atoms with Gasteiger partial charge in [-0.3, -0.25) is 9.59 Å². The van der Waals surface area contributed by atoms with E-state index in [-0.39, 0.29) is 11.8 Å². The standard InChI is InChI=1S/C32H29N5O2/c1-22-6-4-9-24(16-22)31(38)35-26-13-12-25-19-37(15-14-36(30(25)17-26)20-27-18-33-21-34-27)32(39)29-11-5-8-23-7-2-3-10-28(23)29/h2-13,16-18,21H,14-15,19-20H2,1H3,(H,33,34)(H,35,38). The Morgan fingerprint density at radius 2 is 1.79 bits per heavy atom. The van der Waals surface area contributed by atoms with Crippen LogP contribution in [-0.2, 0) is 13.1 Å². The molecule has 5 aromatic rings. The van der Waals surface area contributed by atoms with Gasteiger partial charge >= 0.3 is 0 Å². The van der Waals surface area contributed by atoms with Gasteiger partial charge in [0, 0.05) is 48.3 Å². The third kappa shape index (κ3) is 5.11. The number of benzene rings is 4. The van der Waals surface area contributed by atoms with Gasteiger partial charge < -0.3 is 20.1 Å². The van der Waals surface area contributed by atoms with Crippen LogP contribution in [0.2, 0.25) is 0 Å². The van der Waals surface area contributed by atoms with Crippen LogP contribution >= 0.6 is 0 Å². The minimum Gasteiger partial charge on any atom is -0.364 e. The summed E-state index contributed by atoms with van der Waals surface area (Å²) in [4.78, 5) is 38.3. The van der Waals surface area contributed by atoms with Crippen molar-refractivity contribution >= 4 is 34.0 Å². The van der Waals surface area contributed by atoms with E-state index in [9.17, 15) is 9.59 Å². The number of aromatic nitrogens is 2. The van der Waals surface area contributed by atoms with Gasteiger partial charge in [-0.15, -0.1) is 0 Å². The van der Waals surface area contributed by atoms with Gasteiger partial charge in [0.1, 0.15) is 0 Å². The van der Waals surface area contributed by atoms with E-state index in [0.717, 1.165) is 33.3 Å². The van der Waals surface area contributed by atoms with Crippen molar-refractivity contribution in [1.29, 1.82) is 0 Å². The van der Waals surface area contributed by atoms with Crippen molar-refractivity contribution in [2.75, 3.05) is 23.3 Å². The van der Waals surface area contributed by atoms with E-state index in [2.05, 4.69) is 20.2 Å². The summed E-state index contributed by atoms with van der Waals surface area (Å²) in [5, 5.41) is 5.05. The zero-order chi connectivity index (χ0) is 26.8. The summed E-state index contributed by atoms with van der Waals surface area (Å²) in [6.45, 7) is 4.26. The monoisotopic (exact) mass is 515 g/mol. The van der Waals surface area contributed by atoms with Crippen molar-refractivity contribution in [3.05, 3.63) is 125 Å². The van der Waals surface area contributed by atoms with E-state index < -0.39 is 0 Å². The number of rotatable bonds is 5. The summed E-state index contributed by atoms with van der Waals surface area (Å²) in [7, 11) is 0. The number of aryl methyl sites for hydroxylation is 1. The lowest BCUT2D eigenvalue weighted by Gasteiger charge is -2.25. The first-order chi connectivity index (χ1) is 19.0. The highest BCUT2D eigenvalue weighted by atomic mass is 16.2. The van der Waals surface area contributed by atoms with Crippen molar-refractivity contribution in [2.24, 2.45) is 0 Å². The fourth-order valence-corrected chi connectivity index (χ4v) is 5.20. The second-order valence-electron chi connectivity index (χ2n) is 9.92. The van der Waals surface area contributed by atoms with Gasteiger partial charge in [0.25, 0.3) is 11.8 Å². The lowest BCUT2D eigenvalue weighted by atomic mass is 10.0. The highest BCUT2D eigenvalue weighted by Crippen LogP contribution is 2.31. The number of imidazole rings is 1. The van der Waals surface area contributed by atoms with Crippen LogP contribution in [-0.4, -0.2) is 39.8 Å². The molecule has 7 nitrogen and oxygen atoms in total. The molecule has 0 radical (unpaired) electrons. The summed E-state index contributed by atoms with van der Waals surface area (Å²) >= 11 is 0. The molecule has 0 saturated carbocycles. The molecule has 2 heterocycles. The smallest absolute Gasteiger partial charge is 0.255 e. The quantitative estimate of drug-likeness (QED) is 0.311. The van der Waals surface area contributed by atoms with Crippen molar-refractivity contribution in [2.45, 2.75) is 20.0 Å². The summed E-state index contributed by atoms with van der Waals surface area (Å²) < 4.78 is 0. The molecule has 6 rings (SSSR count). The van der Waals surface area contributed by atoms with Gasteiger partial charge in [-0.2, -0.15) is 0 Å². The van der Waals surface area contributed by atoms with E-state index in [1.165, 1.54) is 0 Å². The average Bonchev–Trinajstić information content (AvgIpc) is 3.41. The number of H-pyrrole nitrogens is 1. The number of carbonyl (C=O) groups excluding carboxylic acids is 2. The molecule has 1 aliphatic rings. The maximum Gasteiger partial charge on any atom is 0.255 e. The second-order valence-corrected chi connectivity index (χ2v) is 9.92. The van der Waals surface area contributed by atoms with Crippen LogP contribution in [0.4, 0.5) is 11.4 Å². The molecule has 0 bridgehead atoms. The normalized spacial score (nSPS) is 13.2. The lowest BCUT2D eigenvalue weighted by molar-refractivity contribution is 0.0753. The molecule has 0 unspecified atom stereocenters. The van der Waals surface area contributed by atoms with Crippen LogP contribution in [0.3, 0.4) is 0 Å². The van der Waals surface area contributed by atoms with Crippen LogP contribution in [0.15, 0.2) is 97.5 Å². The van der Waals surface area contributed by atoms with Crippen LogP contribution in [0.1, 0.15) is 37.5 Å². The molecule has 0 saturated heterocycles. The fourth-order valence-electron chi connectivity index (χ4n) is 5.20. The molecule has 194 valence electrons. The lowest BCUT2D eigenvalue weighted by Crippen LogP contribution is -2.35. The van der Waals surface area contributed by atoms with E-state index in [1.54, 1.807) is 6.33 Å². The van der Waals surface area contributed by atoms with Gasteiger partial charge in [0.2, 0.25) is 0 Å². The van der Waals surface area contributed by atoms with Crippen LogP contribution < -0.4 is 10.2 Å². The summed E-state index contributed by atoms with van der Waals surface area (Å²) in [5.74, 6) is -0.141. The Morgan fingerprint density at radius 1 is 0.949 bits per heavy atom. The third-order valence-corrected chi connectivity index (χ3v) is 7.19. The summed E-state index contributed by atoms with van der Waals surface area (Å²) in [6.07, 6.45) is 3.48. The van der Waals surface area contributed by atoms with Crippen LogP contribution in [0.5, 0.6) is 0 Å². The van der Waals surface area contributed by atoms with Gasteiger partial charge in [0.15, 0.2) is 0 Å². The molecule has 1 aliphatic heterocycles. The molecule has 0 fully saturated rings. The molecule has 4 aromatic carbocycles. The van der Waals surface area contributed by atoms with Gasteiger partial charge in [-0.25, -0.2) is 4.98 Å². The predicted octanol–water partition coefficient (Wildman–Crippen LogP) is 5.79. The molecule has 2 amide bonds.